The second-order valence-electron chi connectivity index (χ2n) is 4.16. The van der Waals surface area contributed by atoms with Crippen molar-refractivity contribution in [3.63, 3.8) is 0 Å². The Morgan fingerprint density at radius 1 is 1.30 bits per heavy atom. The highest BCUT2D eigenvalue weighted by molar-refractivity contribution is 6.05. The molecule has 0 unspecified atom stereocenters. The van der Waals surface area contributed by atoms with Gasteiger partial charge < -0.3 is 11.1 Å². The number of hydrogen-bond donors (Lipinski definition) is 2. The van der Waals surface area contributed by atoms with Crippen LogP contribution in [0.4, 0.5) is 10.1 Å². The molecule has 0 aliphatic heterocycles. The number of nitrogens with one attached hydrogen (secondary N) is 1. The Hall–Kier alpha value is -2.76. The third-order valence-corrected chi connectivity index (χ3v) is 2.84. The van der Waals surface area contributed by atoms with Gasteiger partial charge in [-0.3, -0.25) is 9.59 Å². The number of hydrogen-bond acceptors (Lipinski definition) is 3. The van der Waals surface area contributed by atoms with Crippen LogP contribution in [0.5, 0.6) is 0 Å². The summed E-state index contributed by atoms with van der Waals surface area (Å²) in [6, 6.07) is 7.24. The van der Waals surface area contributed by atoms with Crippen LogP contribution in [0.25, 0.3) is 0 Å². The minimum Gasteiger partial charge on any atom is -0.366 e. The van der Waals surface area contributed by atoms with Crippen LogP contribution >= 0.6 is 0 Å². The molecular formula is C14H12FN3O2. The molecule has 1 heterocycles. The van der Waals surface area contributed by atoms with E-state index < -0.39 is 17.8 Å². The minimum absolute atomic E-state index is 0.140. The van der Waals surface area contributed by atoms with Crippen molar-refractivity contribution >= 4 is 17.5 Å². The molecule has 0 saturated heterocycles. The second kappa shape index (κ2) is 5.48. The predicted molar refractivity (Wildman–Crippen MR) is 71.8 cm³/mol. The topological polar surface area (TPSA) is 85.1 Å². The van der Waals surface area contributed by atoms with Gasteiger partial charge in [-0.05, 0) is 30.7 Å². The van der Waals surface area contributed by atoms with Crippen molar-refractivity contribution in [2.75, 3.05) is 5.32 Å². The number of nitrogens with two attached hydrogens (primary N) is 1. The van der Waals surface area contributed by atoms with Crippen molar-refractivity contribution in [3.8, 4) is 0 Å². The lowest BCUT2D eigenvalue weighted by atomic mass is 10.1. The standard InChI is InChI=1S/C14H12FN3O2/c1-8-10(13(16)19)3-2-4-11(8)18-14(20)9-5-6-17-12(15)7-9/h2-7H,1H3,(H2,16,19)(H,18,20). The van der Waals surface area contributed by atoms with E-state index in [4.69, 9.17) is 5.73 Å². The lowest BCUT2D eigenvalue weighted by molar-refractivity contribution is 0.0995. The second-order valence-corrected chi connectivity index (χ2v) is 4.16. The zero-order chi connectivity index (χ0) is 14.7. The maximum atomic E-state index is 13.0. The zero-order valence-corrected chi connectivity index (χ0v) is 10.7. The maximum Gasteiger partial charge on any atom is 0.255 e. The molecule has 102 valence electrons. The molecule has 2 aromatic rings. The van der Waals surface area contributed by atoms with E-state index in [2.05, 4.69) is 10.3 Å². The number of halogens is 1. The summed E-state index contributed by atoms with van der Waals surface area (Å²) in [5, 5.41) is 2.61. The summed E-state index contributed by atoms with van der Waals surface area (Å²) in [6.07, 6.45) is 1.21. The number of nitrogens with zero attached hydrogens (tertiary/aromatic N) is 1. The van der Waals surface area contributed by atoms with Crippen LogP contribution in [0.1, 0.15) is 26.3 Å². The van der Waals surface area contributed by atoms with Crippen LogP contribution in [0.2, 0.25) is 0 Å². The summed E-state index contributed by atoms with van der Waals surface area (Å²) in [6.45, 7) is 1.67. The number of amides is 2. The van der Waals surface area contributed by atoms with Crippen LogP contribution < -0.4 is 11.1 Å². The molecular weight excluding hydrogens is 261 g/mol. The van der Waals surface area contributed by atoms with Gasteiger partial charge in [-0.2, -0.15) is 4.39 Å². The van der Waals surface area contributed by atoms with Gasteiger partial charge >= 0.3 is 0 Å². The van der Waals surface area contributed by atoms with Gasteiger partial charge in [-0.25, -0.2) is 4.98 Å². The van der Waals surface area contributed by atoms with Crippen LogP contribution in [0, 0.1) is 12.9 Å². The molecule has 0 saturated carbocycles. The Morgan fingerprint density at radius 3 is 2.70 bits per heavy atom. The molecule has 5 nitrogen and oxygen atoms in total. The van der Waals surface area contributed by atoms with Crippen LogP contribution in [-0.4, -0.2) is 16.8 Å². The molecule has 0 fully saturated rings. The van der Waals surface area contributed by atoms with Crippen molar-refractivity contribution < 1.29 is 14.0 Å². The number of aromatic nitrogens is 1. The van der Waals surface area contributed by atoms with E-state index >= 15 is 0 Å². The highest BCUT2D eigenvalue weighted by Crippen LogP contribution is 2.19. The molecule has 0 bridgehead atoms. The van der Waals surface area contributed by atoms with Crippen molar-refractivity contribution in [3.05, 3.63) is 59.2 Å². The summed E-state index contributed by atoms with van der Waals surface area (Å²) in [4.78, 5) is 26.6. The van der Waals surface area contributed by atoms with E-state index in [1.807, 2.05) is 0 Å². The zero-order valence-electron chi connectivity index (χ0n) is 10.7. The summed E-state index contributed by atoms with van der Waals surface area (Å²) in [5.74, 6) is -1.80. The molecule has 0 atom stereocenters. The van der Waals surface area contributed by atoms with Gasteiger partial charge in [0.1, 0.15) is 0 Å². The van der Waals surface area contributed by atoms with Crippen molar-refractivity contribution in [1.29, 1.82) is 0 Å². The van der Waals surface area contributed by atoms with Crippen molar-refractivity contribution in [2.45, 2.75) is 6.92 Å². The largest absolute Gasteiger partial charge is 0.366 e. The van der Waals surface area contributed by atoms with Gasteiger partial charge in [0.15, 0.2) is 0 Å². The molecule has 2 amide bonds. The number of rotatable bonds is 3. The Balaban J connectivity index is 2.29. The van der Waals surface area contributed by atoms with Crippen LogP contribution in [0.3, 0.4) is 0 Å². The summed E-state index contributed by atoms with van der Waals surface area (Å²) >= 11 is 0. The average Bonchev–Trinajstić information content (AvgIpc) is 2.40. The average molecular weight is 273 g/mol. The number of anilines is 1. The smallest absolute Gasteiger partial charge is 0.255 e. The highest BCUT2D eigenvalue weighted by Gasteiger charge is 2.12. The van der Waals surface area contributed by atoms with E-state index in [-0.39, 0.29) is 5.56 Å². The molecule has 0 radical (unpaired) electrons. The number of primary amides is 1. The quantitative estimate of drug-likeness (QED) is 0.837. The number of carbonyl (C=O) groups is 2. The van der Waals surface area contributed by atoms with E-state index in [0.717, 1.165) is 6.07 Å². The number of pyridine rings is 1. The fourth-order valence-electron chi connectivity index (χ4n) is 1.78. The molecule has 1 aromatic heterocycles. The minimum atomic E-state index is -0.736. The molecule has 0 aliphatic rings. The van der Waals surface area contributed by atoms with Crippen LogP contribution in [0.15, 0.2) is 36.5 Å². The fraction of sp³-hybridized carbons (Fsp3) is 0.0714. The first kappa shape index (κ1) is 13.7. The van der Waals surface area contributed by atoms with Gasteiger partial charge in [0, 0.05) is 29.1 Å². The SMILES string of the molecule is Cc1c(NC(=O)c2ccnc(F)c2)cccc1C(N)=O. The first-order valence-corrected chi connectivity index (χ1v) is 5.81. The van der Waals surface area contributed by atoms with Crippen molar-refractivity contribution in [2.24, 2.45) is 5.73 Å². The third kappa shape index (κ3) is 2.80. The molecule has 1 aromatic carbocycles. The molecule has 3 N–H and O–H groups in total. The predicted octanol–water partition coefficient (Wildman–Crippen LogP) is 1.88. The summed E-state index contributed by atoms with van der Waals surface area (Å²) in [7, 11) is 0. The number of carbonyl (C=O) groups excluding carboxylic acids is 2. The van der Waals surface area contributed by atoms with E-state index in [1.54, 1.807) is 25.1 Å². The van der Waals surface area contributed by atoms with Crippen molar-refractivity contribution in [1.82, 2.24) is 4.98 Å². The molecule has 0 spiro atoms. The summed E-state index contributed by atoms with van der Waals surface area (Å²) in [5.41, 5.74) is 6.70. The van der Waals surface area contributed by atoms with Gasteiger partial charge in [-0.1, -0.05) is 6.07 Å². The Kier molecular flexibility index (Phi) is 3.74. The molecule has 0 aliphatic carbocycles. The Labute approximate surface area is 114 Å². The Morgan fingerprint density at radius 2 is 2.05 bits per heavy atom. The molecule has 2 rings (SSSR count). The highest BCUT2D eigenvalue weighted by atomic mass is 19.1. The first-order valence-electron chi connectivity index (χ1n) is 5.81. The third-order valence-electron chi connectivity index (χ3n) is 2.84. The maximum absolute atomic E-state index is 13.0. The Bertz CT molecular complexity index is 686. The summed E-state index contributed by atoms with van der Waals surface area (Å²) < 4.78 is 13.0. The normalized spacial score (nSPS) is 10.1. The van der Waals surface area contributed by atoms with Gasteiger partial charge in [0.05, 0.1) is 0 Å². The van der Waals surface area contributed by atoms with Gasteiger partial charge in [0.25, 0.3) is 5.91 Å². The van der Waals surface area contributed by atoms with E-state index in [9.17, 15) is 14.0 Å². The van der Waals surface area contributed by atoms with Gasteiger partial charge in [0.2, 0.25) is 11.9 Å². The monoisotopic (exact) mass is 273 g/mol. The first-order chi connectivity index (χ1) is 9.49. The number of benzene rings is 1. The van der Waals surface area contributed by atoms with E-state index in [0.29, 0.717) is 16.8 Å². The fourth-order valence-corrected chi connectivity index (χ4v) is 1.78. The van der Waals surface area contributed by atoms with Crippen LogP contribution in [-0.2, 0) is 0 Å². The molecule has 6 heteroatoms. The molecule has 20 heavy (non-hydrogen) atoms. The lowest BCUT2D eigenvalue weighted by Crippen LogP contribution is -2.17. The van der Waals surface area contributed by atoms with E-state index in [1.165, 1.54) is 12.3 Å². The van der Waals surface area contributed by atoms with Gasteiger partial charge in [-0.15, -0.1) is 0 Å². The lowest BCUT2D eigenvalue weighted by Gasteiger charge is -2.10.